The predicted octanol–water partition coefficient (Wildman–Crippen LogP) is 1.31. The van der Waals surface area contributed by atoms with E-state index in [4.69, 9.17) is 4.74 Å². The van der Waals surface area contributed by atoms with Crippen LogP contribution in [0.15, 0.2) is 36.8 Å². The minimum atomic E-state index is -0.240. The summed E-state index contributed by atoms with van der Waals surface area (Å²) in [6.45, 7) is 2.01. The van der Waals surface area contributed by atoms with Gasteiger partial charge in [0, 0.05) is 38.6 Å². The van der Waals surface area contributed by atoms with Gasteiger partial charge in [0.1, 0.15) is 5.69 Å². The molecule has 7 heteroatoms. The van der Waals surface area contributed by atoms with Crippen molar-refractivity contribution in [1.29, 1.82) is 0 Å². The highest BCUT2D eigenvalue weighted by atomic mass is 16.5. The molecule has 4 rings (SSSR count). The fourth-order valence-corrected chi connectivity index (χ4v) is 3.64. The molecule has 1 amide bonds. The van der Waals surface area contributed by atoms with Crippen molar-refractivity contribution in [2.45, 2.75) is 24.5 Å². The van der Waals surface area contributed by atoms with Crippen molar-refractivity contribution in [3.63, 3.8) is 0 Å². The summed E-state index contributed by atoms with van der Waals surface area (Å²) < 4.78 is 6.15. The van der Waals surface area contributed by atoms with Crippen LogP contribution in [0.5, 0.6) is 0 Å². The van der Waals surface area contributed by atoms with Gasteiger partial charge in [-0.3, -0.25) is 4.79 Å². The van der Waals surface area contributed by atoms with Crippen molar-refractivity contribution in [2.24, 2.45) is 0 Å². The number of carbonyl (C=O) groups is 1. The Hall–Kier alpha value is -2.41. The number of H-pyrrole nitrogens is 1. The van der Waals surface area contributed by atoms with Crippen molar-refractivity contribution >= 4 is 11.9 Å². The molecule has 2 aromatic rings. The Kier molecular flexibility index (Phi) is 3.72. The molecule has 0 bridgehead atoms. The van der Waals surface area contributed by atoms with Crippen molar-refractivity contribution in [1.82, 2.24) is 19.9 Å². The highest BCUT2D eigenvalue weighted by Crippen LogP contribution is 2.37. The molecule has 1 spiro atoms. The quantitative estimate of drug-likeness (QED) is 0.920. The Morgan fingerprint density at radius 1 is 1.42 bits per heavy atom. The van der Waals surface area contributed by atoms with Crippen LogP contribution in [-0.2, 0) is 4.74 Å². The van der Waals surface area contributed by atoms with E-state index in [-0.39, 0.29) is 17.6 Å². The maximum absolute atomic E-state index is 12.5. The molecular weight excluding hydrogens is 306 g/mol. The zero-order valence-corrected chi connectivity index (χ0v) is 13.7. The zero-order chi connectivity index (χ0) is 16.6. The molecule has 0 unspecified atom stereocenters. The molecule has 0 aliphatic carbocycles. The van der Waals surface area contributed by atoms with Crippen LogP contribution in [-0.4, -0.2) is 64.1 Å². The maximum atomic E-state index is 12.5. The second-order valence-electron chi connectivity index (χ2n) is 6.57. The summed E-state index contributed by atoms with van der Waals surface area (Å²) in [5.41, 5.74) is 0.395. The van der Waals surface area contributed by atoms with Gasteiger partial charge in [0.25, 0.3) is 5.91 Å². The lowest BCUT2D eigenvalue weighted by molar-refractivity contribution is 0.0123. The van der Waals surface area contributed by atoms with E-state index in [1.54, 1.807) is 18.6 Å². The molecule has 2 aromatic heterocycles. The number of amides is 1. The van der Waals surface area contributed by atoms with Gasteiger partial charge in [-0.25, -0.2) is 9.97 Å². The van der Waals surface area contributed by atoms with E-state index < -0.39 is 0 Å². The Labute approximate surface area is 140 Å². The molecule has 2 aliphatic heterocycles. The highest BCUT2D eigenvalue weighted by molar-refractivity contribution is 5.92. The standard InChI is InChI=1S/C17H21N5O2/c1-21(16-19-7-3-8-20-16)13-10-17(24-11-13)5-9-22(12-17)15(23)14-4-2-6-18-14/h2-4,6-8,13,18H,5,9-12H2,1H3/t13-,17-/m0/s1. The van der Waals surface area contributed by atoms with Crippen LogP contribution < -0.4 is 4.90 Å². The van der Waals surface area contributed by atoms with Gasteiger partial charge in [-0.1, -0.05) is 0 Å². The van der Waals surface area contributed by atoms with E-state index in [0.717, 1.165) is 19.4 Å². The molecule has 2 fully saturated rings. The number of hydrogen-bond acceptors (Lipinski definition) is 5. The summed E-state index contributed by atoms with van der Waals surface area (Å²) >= 11 is 0. The smallest absolute Gasteiger partial charge is 0.270 e. The summed E-state index contributed by atoms with van der Waals surface area (Å²) in [4.78, 5) is 28.0. The first kappa shape index (κ1) is 15.1. The SMILES string of the molecule is CN(c1ncccn1)[C@@H]1CO[C@@]2(CCN(C(=O)c3ccc[nH]3)C2)C1. The van der Waals surface area contributed by atoms with Crippen LogP contribution in [0.25, 0.3) is 0 Å². The Balaban J connectivity index is 1.42. The molecule has 1 N–H and O–H groups in total. The monoisotopic (exact) mass is 327 g/mol. The number of anilines is 1. The molecule has 2 saturated heterocycles. The van der Waals surface area contributed by atoms with Crippen molar-refractivity contribution < 1.29 is 9.53 Å². The van der Waals surface area contributed by atoms with Crippen LogP contribution in [0, 0.1) is 0 Å². The molecule has 0 saturated carbocycles. The van der Waals surface area contributed by atoms with Gasteiger partial charge in [-0.2, -0.15) is 0 Å². The predicted molar refractivity (Wildman–Crippen MR) is 88.8 cm³/mol. The van der Waals surface area contributed by atoms with Crippen LogP contribution in [0.1, 0.15) is 23.3 Å². The van der Waals surface area contributed by atoms with E-state index >= 15 is 0 Å². The highest BCUT2D eigenvalue weighted by Gasteiger charge is 2.48. The first-order valence-corrected chi connectivity index (χ1v) is 8.23. The number of hydrogen-bond donors (Lipinski definition) is 1. The van der Waals surface area contributed by atoms with E-state index in [0.29, 0.717) is 24.8 Å². The summed E-state index contributed by atoms with van der Waals surface area (Å²) in [6.07, 6.45) is 7.03. The number of ether oxygens (including phenoxy) is 1. The van der Waals surface area contributed by atoms with Crippen LogP contribution in [0.3, 0.4) is 0 Å². The Morgan fingerprint density at radius 3 is 3.00 bits per heavy atom. The van der Waals surface area contributed by atoms with E-state index in [1.807, 2.05) is 30.1 Å². The van der Waals surface area contributed by atoms with Crippen LogP contribution >= 0.6 is 0 Å². The maximum Gasteiger partial charge on any atom is 0.270 e. The third kappa shape index (κ3) is 2.65. The van der Waals surface area contributed by atoms with Gasteiger partial charge < -0.3 is 19.5 Å². The lowest BCUT2D eigenvalue weighted by Gasteiger charge is -2.26. The molecule has 4 heterocycles. The normalized spacial score (nSPS) is 26.2. The number of aromatic nitrogens is 3. The van der Waals surface area contributed by atoms with Gasteiger partial charge in [0.15, 0.2) is 0 Å². The zero-order valence-electron chi connectivity index (χ0n) is 13.7. The Bertz CT molecular complexity index is 705. The van der Waals surface area contributed by atoms with Gasteiger partial charge >= 0.3 is 0 Å². The Morgan fingerprint density at radius 2 is 2.25 bits per heavy atom. The second-order valence-corrected chi connectivity index (χ2v) is 6.57. The number of rotatable bonds is 3. The average Bonchev–Trinajstić information content (AvgIpc) is 3.37. The summed E-state index contributed by atoms with van der Waals surface area (Å²) in [5.74, 6) is 0.754. The topological polar surface area (TPSA) is 74.3 Å². The molecule has 0 aromatic carbocycles. The molecule has 2 atom stereocenters. The van der Waals surface area contributed by atoms with Gasteiger partial charge in [-0.05, 0) is 24.6 Å². The van der Waals surface area contributed by atoms with Gasteiger partial charge in [0.2, 0.25) is 5.95 Å². The van der Waals surface area contributed by atoms with Crippen molar-refractivity contribution in [3.8, 4) is 0 Å². The number of likely N-dealkylation sites (tertiary alicyclic amines) is 1. The number of nitrogens with one attached hydrogen (secondary N) is 1. The first-order valence-electron chi connectivity index (χ1n) is 8.23. The van der Waals surface area contributed by atoms with E-state index in [2.05, 4.69) is 19.9 Å². The summed E-state index contributed by atoms with van der Waals surface area (Å²) in [7, 11) is 2.00. The minimum absolute atomic E-state index is 0.0451. The second kappa shape index (κ2) is 5.90. The fraction of sp³-hybridized carbons (Fsp3) is 0.471. The van der Waals surface area contributed by atoms with Crippen molar-refractivity contribution in [2.75, 3.05) is 31.6 Å². The molecule has 0 radical (unpaired) electrons. The molecule has 126 valence electrons. The number of nitrogens with zero attached hydrogens (tertiary/aromatic N) is 4. The van der Waals surface area contributed by atoms with E-state index in [1.165, 1.54) is 0 Å². The number of aromatic amines is 1. The van der Waals surface area contributed by atoms with Crippen LogP contribution in [0.4, 0.5) is 5.95 Å². The van der Waals surface area contributed by atoms with Crippen LogP contribution in [0.2, 0.25) is 0 Å². The molecule has 24 heavy (non-hydrogen) atoms. The summed E-state index contributed by atoms with van der Waals surface area (Å²) in [6, 6.07) is 5.70. The lowest BCUT2D eigenvalue weighted by atomic mass is 9.97. The average molecular weight is 327 g/mol. The third-order valence-corrected chi connectivity index (χ3v) is 5.04. The molecule has 7 nitrogen and oxygen atoms in total. The number of carbonyl (C=O) groups excluding carboxylic acids is 1. The third-order valence-electron chi connectivity index (χ3n) is 5.04. The largest absolute Gasteiger partial charge is 0.371 e. The minimum Gasteiger partial charge on any atom is -0.371 e. The first-order chi connectivity index (χ1) is 11.7. The summed E-state index contributed by atoms with van der Waals surface area (Å²) in [5, 5.41) is 0. The lowest BCUT2D eigenvalue weighted by Crippen LogP contribution is -2.38. The van der Waals surface area contributed by atoms with Gasteiger partial charge in [0.05, 0.1) is 24.8 Å². The fourth-order valence-electron chi connectivity index (χ4n) is 3.64. The number of likely N-dealkylation sites (N-methyl/N-ethyl adjacent to an activating group) is 1. The van der Waals surface area contributed by atoms with Crippen molar-refractivity contribution in [3.05, 3.63) is 42.5 Å². The van der Waals surface area contributed by atoms with E-state index in [9.17, 15) is 4.79 Å². The molecular formula is C17H21N5O2. The van der Waals surface area contributed by atoms with Gasteiger partial charge in [-0.15, -0.1) is 0 Å². The molecule has 2 aliphatic rings.